The fourth-order valence-electron chi connectivity index (χ4n) is 4.73. The molecule has 6 unspecified atom stereocenters. The molecule has 0 aliphatic carbocycles. The highest BCUT2D eigenvalue weighted by molar-refractivity contribution is 5.28. The van der Waals surface area contributed by atoms with E-state index in [4.69, 9.17) is 4.74 Å². The Kier molecular flexibility index (Phi) is 7.99. The molecule has 0 aromatic rings. The van der Waals surface area contributed by atoms with Crippen LogP contribution in [0.15, 0.2) is 36.9 Å². The summed E-state index contributed by atoms with van der Waals surface area (Å²) in [5.41, 5.74) is 2.59. The van der Waals surface area contributed by atoms with E-state index >= 15 is 0 Å². The molecule has 154 valence electrons. The fourth-order valence-corrected chi connectivity index (χ4v) is 4.73. The number of rotatable bonds is 12. The monoisotopic (exact) mass is 375 g/mol. The lowest BCUT2D eigenvalue weighted by molar-refractivity contribution is 0.130. The minimum absolute atomic E-state index is 0.0510. The van der Waals surface area contributed by atoms with Gasteiger partial charge in [0, 0.05) is 37.1 Å². The van der Waals surface area contributed by atoms with Gasteiger partial charge in [0.05, 0.1) is 12.3 Å². The molecule has 2 aliphatic heterocycles. The number of hydrogen-bond donors (Lipinski definition) is 1. The molecule has 2 rings (SSSR count). The molecule has 0 spiro atoms. The zero-order valence-corrected chi connectivity index (χ0v) is 18.4. The standard InChI is InChI=1S/C23H41N3O/c1-9-20(16(4)5)21(10-2)26-15-23(26)22-12-17(6)14-25(22)18(7)13-24-19(8)27-11-3/h11-12,16-17,19-21,23-24H,3,7,9-10,13-15H2,1-2,4-6,8H3. The van der Waals surface area contributed by atoms with E-state index in [1.54, 1.807) is 0 Å². The average molecular weight is 376 g/mol. The SMILES string of the molecule is C=COC(C)NCC(=C)N1CC(C)C=C1C1CN1C(CC)C(CC)C(C)C. The Balaban J connectivity index is 2.01. The molecule has 0 amide bonds. The summed E-state index contributed by atoms with van der Waals surface area (Å²) in [6.07, 6.45) is 6.38. The summed E-state index contributed by atoms with van der Waals surface area (Å²) >= 11 is 0. The van der Waals surface area contributed by atoms with E-state index < -0.39 is 0 Å². The lowest BCUT2D eigenvalue weighted by Gasteiger charge is -2.32. The van der Waals surface area contributed by atoms with E-state index in [1.807, 2.05) is 6.92 Å². The number of ether oxygens (including phenoxy) is 1. The van der Waals surface area contributed by atoms with Gasteiger partial charge in [-0.1, -0.05) is 60.3 Å². The van der Waals surface area contributed by atoms with Crippen molar-refractivity contribution in [3.05, 3.63) is 36.9 Å². The summed E-state index contributed by atoms with van der Waals surface area (Å²) in [5, 5.41) is 3.37. The van der Waals surface area contributed by atoms with Crippen molar-refractivity contribution in [1.29, 1.82) is 0 Å². The minimum atomic E-state index is -0.0510. The molecule has 4 heteroatoms. The Labute approximate surface area is 167 Å². The van der Waals surface area contributed by atoms with Gasteiger partial charge < -0.3 is 9.64 Å². The zero-order chi connectivity index (χ0) is 20.1. The third kappa shape index (κ3) is 5.39. The van der Waals surface area contributed by atoms with E-state index in [0.717, 1.165) is 30.6 Å². The highest BCUT2D eigenvalue weighted by Crippen LogP contribution is 2.40. The Morgan fingerprint density at radius 1 is 1.30 bits per heavy atom. The number of nitrogens with one attached hydrogen (secondary N) is 1. The number of hydrogen-bond acceptors (Lipinski definition) is 4. The smallest absolute Gasteiger partial charge is 0.146 e. The first kappa shape index (κ1) is 22.0. The molecular weight excluding hydrogens is 334 g/mol. The van der Waals surface area contributed by atoms with Crippen LogP contribution in [0, 0.1) is 17.8 Å². The van der Waals surface area contributed by atoms with Gasteiger partial charge in [-0.2, -0.15) is 0 Å². The van der Waals surface area contributed by atoms with Crippen molar-refractivity contribution in [2.75, 3.05) is 19.6 Å². The van der Waals surface area contributed by atoms with Gasteiger partial charge in [0.1, 0.15) is 6.23 Å². The van der Waals surface area contributed by atoms with Crippen molar-refractivity contribution in [3.63, 3.8) is 0 Å². The van der Waals surface area contributed by atoms with Crippen LogP contribution in [0.4, 0.5) is 0 Å². The van der Waals surface area contributed by atoms with E-state index in [1.165, 1.54) is 31.3 Å². The van der Waals surface area contributed by atoms with Crippen molar-refractivity contribution >= 4 is 0 Å². The maximum absolute atomic E-state index is 5.36. The first-order chi connectivity index (χ1) is 12.8. The second kappa shape index (κ2) is 9.79. The molecule has 0 aromatic heterocycles. The Morgan fingerprint density at radius 2 is 2.00 bits per heavy atom. The van der Waals surface area contributed by atoms with Crippen molar-refractivity contribution in [3.8, 4) is 0 Å². The molecule has 0 bridgehead atoms. The first-order valence-electron chi connectivity index (χ1n) is 10.8. The Bertz CT molecular complexity index is 542. The second-order valence-electron chi connectivity index (χ2n) is 8.58. The van der Waals surface area contributed by atoms with E-state index in [0.29, 0.717) is 18.0 Å². The van der Waals surface area contributed by atoms with Crippen LogP contribution in [0.1, 0.15) is 54.4 Å². The molecule has 1 N–H and O–H groups in total. The third-order valence-corrected chi connectivity index (χ3v) is 6.17. The summed E-state index contributed by atoms with van der Waals surface area (Å²) < 4.78 is 5.36. The van der Waals surface area contributed by atoms with Crippen LogP contribution in [0.2, 0.25) is 0 Å². The molecule has 6 atom stereocenters. The van der Waals surface area contributed by atoms with Gasteiger partial charge in [0.2, 0.25) is 0 Å². The Morgan fingerprint density at radius 3 is 2.56 bits per heavy atom. The van der Waals surface area contributed by atoms with Crippen molar-refractivity contribution in [2.45, 2.75) is 72.7 Å². The molecule has 1 fully saturated rings. The quantitative estimate of drug-likeness (QED) is 0.307. The summed E-state index contributed by atoms with van der Waals surface area (Å²) in [6.45, 7) is 24.7. The normalized spacial score (nSPS) is 27.9. The maximum atomic E-state index is 5.36. The molecule has 0 radical (unpaired) electrons. The van der Waals surface area contributed by atoms with Gasteiger partial charge in [0.15, 0.2) is 0 Å². The average Bonchev–Trinajstić information content (AvgIpc) is 3.31. The molecule has 0 saturated carbocycles. The highest BCUT2D eigenvalue weighted by atomic mass is 16.5. The van der Waals surface area contributed by atoms with Gasteiger partial charge in [0.25, 0.3) is 0 Å². The molecular formula is C23H41N3O. The van der Waals surface area contributed by atoms with Crippen LogP contribution in [0.5, 0.6) is 0 Å². The van der Waals surface area contributed by atoms with E-state index in [2.05, 4.69) is 69.0 Å². The second-order valence-corrected chi connectivity index (χ2v) is 8.58. The van der Waals surface area contributed by atoms with Crippen LogP contribution in [0.3, 0.4) is 0 Å². The molecule has 1 saturated heterocycles. The predicted octanol–water partition coefficient (Wildman–Crippen LogP) is 4.58. The van der Waals surface area contributed by atoms with Crippen LogP contribution in [0.25, 0.3) is 0 Å². The minimum Gasteiger partial charge on any atom is -0.484 e. The lowest BCUT2D eigenvalue weighted by atomic mass is 9.85. The topological polar surface area (TPSA) is 27.5 Å². The van der Waals surface area contributed by atoms with Crippen LogP contribution in [-0.2, 0) is 4.74 Å². The molecule has 2 aliphatic rings. The summed E-state index contributed by atoms with van der Waals surface area (Å²) in [7, 11) is 0. The fraction of sp³-hybridized carbons (Fsp3) is 0.739. The zero-order valence-electron chi connectivity index (χ0n) is 18.4. The molecule has 4 nitrogen and oxygen atoms in total. The third-order valence-electron chi connectivity index (χ3n) is 6.17. The van der Waals surface area contributed by atoms with Gasteiger partial charge >= 0.3 is 0 Å². The van der Waals surface area contributed by atoms with Crippen molar-refractivity contribution in [1.82, 2.24) is 15.1 Å². The van der Waals surface area contributed by atoms with Crippen LogP contribution < -0.4 is 5.32 Å². The van der Waals surface area contributed by atoms with Crippen molar-refractivity contribution < 1.29 is 4.74 Å². The predicted molar refractivity (Wildman–Crippen MR) is 115 cm³/mol. The summed E-state index contributed by atoms with van der Waals surface area (Å²) in [4.78, 5) is 5.15. The summed E-state index contributed by atoms with van der Waals surface area (Å²) in [5.74, 6) is 2.09. The van der Waals surface area contributed by atoms with E-state index in [-0.39, 0.29) is 6.23 Å². The molecule has 2 heterocycles. The number of nitrogens with zero attached hydrogens (tertiary/aromatic N) is 2. The summed E-state index contributed by atoms with van der Waals surface area (Å²) in [6, 6.07) is 1.25. The van der Waals surface area contributed by atoms with Gasteiger partial charge in [-0.3, -0.25) is 10.2 Å². The first-order valence-corrected chi connectivity index (χ1v) is 10.8. The lowest BCUT2D eigenvalue weighted by Crippen LogP contribution is -2.36. The Hall–Kier alpha value is -1.26. The maximum Gasteiger partial charge on any atom is 0.146 e. The van der Waals surface area contributed by atoms with Crippen LogP contribution in [-0.4, -0.2) is 47.7 Å². The molecule has 0 aromatic carbocycles. The van der Waals surface area contributed by atoms with Crippen LogP contribution >= 0.6 is 0 Å². The van der Waals surface area contributed by atoms with Gasteiger partial charge in [-0.05, 0) is 31.1 Å². The van der Waals surface area contributed by atoms with Gasteiger partial charge in [-0.15, -0.1) is 0 Å². The largest absolute Gasteiger partial charge is 0.484 e. The highest BCUT2D eigenvalue weighted by Gasteiger charge is 2.47. The van der Waals surface area contributed by atoms with Crippen molar-refractivity contribution in [2.24, 2.45) is 17.8 Å². The van der Waals surface area contributed by atoms with E-state index in [9.17, 15) is 0 Å². The molecule has 27 heavy (non-hydrogen) atoms. The van der Waals surface area contributed by atoms with Gasteiger partial charge in [-0.25, -0.2) is 0 Å².